The standard InChI is InChI=1S/C30H40N10O5/c31-22(13-19-8-10-21(41)11-9-19)27(43)38-23(7-4-12-36-30(33)34)28(44)40-25(15-20-16-35-17-37-20)29(45)39-24(26(32)42)14-18-5-2-1-3-6-18/h1-3,5-6,8-11,16-17,22-25,41H,4,7,12-15,31H2,(H2,32,42)(H,35,37)(H,38,43)(H,39,45)(H,40,44)(H4,33,34,36)/t22-,23-,24-,25-/m0/s1. The molecule has 0 spiro atoms. The van der Waals surface area contributed by atoms with E-state index in [9.17, 15) is 24.3 Å². The first-order valence-electron chi connectivity index (χ1n) is 14.3. The summed E-state index contributed by atoms with van der Waals surface area (Å²) < 4.78 is 0. The van der Waals surface area contributed by atoms with Crippen LogP contribution in [0.2, 0.25) is 0 Å². The number of hydrogen-bond acceptors (Lipinski definition) is 8. The van der Waals surface area contributed by atoms with E-state index in [2.05, 4.69) is 31.2 Å². The number of guanidine groups is 1. The lowest BCUT2D eigenvalue weighted by atomic mass is 10.0. The van der Waals surface area contributed by atoms with Crippen LogP contribution in [0.15, 0.2) is 67.1 Å². The second-order valence-corrected chi connectivity index (χ2v) is 10.5. The van der Waals surface area contributed by atoms with Gasteiger partial charge in [-0.25, -0.2) is 4.98 Å². The van der Waals surface area contributed by atoms with Crippen LogP contribution in [0.1, 0.15) is 29.7 Å². The van der Waals surface area contributed by atoms with Crippen molar-refractivity contribution in [2.45, 2.75) is 56.3 Å². The molecule has 0 aliphatic rings. The van der Waals surface area contributed by atoms with Crippen molar-refractivity contribution in [1.82, 2.24) is 31.2 Å². The maximum absolute atomic E-state index is 13.6. The number of aromatic amines is 1. The van der Waals surface area contributed by atoms with Gasteiger partial charge >= 0.3 is 0 Å². The predicted molar refractivity (Wildman–Crippen MR) is 166 cm³/mol. The molecule has 45 heavy (non-hydrogen) atoms. The number of nitrogens with two attached hydrogens (primary N) is 3. The van der Waals surface area contributed by atoms with Gasteiger partial charge in [0.2, 0.25) is 23.6 Å². The van der Waals surface area contributed by atoms with E-state index < -0.39 is 47.8 Å². The van der Waals surface area contributed by atoms with Crippen LogP contribution in [0, 0.1) is 5.41 Å². The number of H-pyrrole nitrogens is 1. The fraction of sp³-hybridized carbons (Fsp3) is 0.333. The topological polar surface area (TPSA) is 267 Å². The Kier molecular flexibility index (Phi) is 12.9. The Balaban J connectivity index is 1.75. The predicted octanol–water partition coefficient (Wildman–Crippen LogP) is -1.33. The van der Waals surface area contributed by atoms with Gasteiger partial charge in [-0.3, -0.25) is 24.6 Å². The van der Waals surface area contributed by atoms with Crippen LogP contribution in [-0.2, 0) is 38.4 Å². The van der Waals surface area contributed by atoms with Crippen LogP contribution in [-0.4, -0.2) is 75.4 Å². The van der Waals surface area contributed by atoms with Crippen LogP contribution >= 0.6 is 0 Å². The van der Waals surface area contributed by atoms with Gasteiger partial charge < -0.3 is 48.6 Å². The number of phenolic OH excluding ortho intramolecular Hbond substituents is 1. The van der Waals surface area contributed by atoms with Gasteiger partial charge in [-0.2, -0.15) is 0 Å². The van der Waals surface area contributed by atoms with Gasteiger partial charge in [0.15, 0.2) is 5.96 Å². The summed E-state index contributed by atoms with van der Waals surface area (Å²) in [5, 5.41) is 27.5. The molecule has 0 saturated carbocycles. The van der Waals surface area contributed by atoms with Crippen molar-refractivity contribution in [3.05, 3.63) is 83.9 Å². The Morgan fingerprint density at radius 2 is 1.44 bits per heavy atom. The zero-order valence-corrected chi connectivity index (χ0v) is 24.7. The van der Waals surface area contributed by atoms with E-state index in [0.29, 0.717) is 17.7 Å². The number of phenols is 1. The molecule has 240 valence electrons. The number of rotatable bonds is 17. The number of primary amides is 1. The lowest BCUT2D eigenvalue weighted by molar-refractivity contribution is -0.133. The third-order valence-corrected chi connectivity index (χ3v) is 6.89. The summed E-state index contributed by atoms with van der Waals surface area (Å²) in [7, 11) is 0. The minimum Gasteiger partial charge on any atom is -0.508 e. The molecule has 0 fully saturated rings. The van der Waals surface area contributed by atoms with Crippen LogP contribution in [0.25, 0.3) is 0 Å². The highest BCUT2D eigenvalue weighted by Gasteiger charge is 2.30. The molecular formula is C30H40N10O5. The van der Waals surface area contributed by atoms with E-state index in [1.807, 2.05) is 6.07 Å². The van der Waals surface area contributed by atoms with E-state index in [1.165, 1.54) is 18.5 Å². The minimum absolute atomic E-state index is 0.0230. The molecule has 3 aromatic rings. The normalized spacial score (nSPS) is 13.4. The highest BCUT2D eigenvalue weighted by atomic mass is 16.3. The molecule has 15 nitrogen and oxygen atoms in total. The molecule has 2 aromatic carbocycles. The summed E-state index contributed by atoms with van der Waals surface area (Å²) >= 11 is 0. The van der Waals surface area contributed by atoms with Crippen LogP contribution < -0.4 is 38.5 Å². The van der Waals surface area contributed by atoms with Crippen molar-refractivity contribution in [1.29, 1.82) is 5.41 Å². The summed E-state index contributed by atoms with van der Waals surface area (Å²) in [6, 6.07) is 10.9. The van der Waals surface area contributed by atoms with Gasteiger partial charge in [0.1, 0.15) is 23.9 Å². The van der Waals surface area contributed by atoms with Crippen molar-refractivity contribution < 1.29 is 24.3 Å². The summed E-state index contributed by atoms with van der Waals surface area (Å²) in [5.74, 6) is -2.86. The number of nitrogens with one attached hydrogen (secondary N) is 6. The largest absolute Gasteiger partial charge is 0.508 e. The lowest BCUT2D eigenvalue weighted by Crippen LogP contribution is -2.58. The maximum atomic E-state index is 13.6. The fourth-order valence-corrected chi connectivity index (χ4v) is 4.49. The number of hydrogen-bond donors (Lipinski definition) is 10. The van der Waals surface area contributed by atoms with E-state index in [-0.39, 0.29) is 43.9 Å². The van der Waals surface area contributed by atoms with Crippen molar-refractivity contribution >= 4 is 29.6 Å². The van der Waals surface area contributed by atoms with E-state index in [4.69, 9.17) is 22.6 Å². The summed E-state index contributed by atoms with van der Waals surface area (Å²) in [5.41, 5.74) is 19.0. The third-order valence-electron chi connectivity index (χ3n) is 6.89. The number of nitrogens with zero attached hydrogens (tertiary/aromatic N) is 1. The van der Waals surface area contributed by atoms with Crippen LogP contribution in [0.3, 0.4) is 0 Å². The average Bonchev–Trinajstić information content (AvgIpc) is 3.52. The molecule has 0 aliphatic heterocycles. The Morgan fingerprint density at radius 1 is 0.822 bits per heavy atom. The Labute approximate surface area is 260 Å². The molecule has 4 atom stereocenters. The third kappa shape index (κ3) is 11.6. The SMILES string of the molecule is N=C(N)NCCC[C@H](NC(=O)[C@@H](N)Cc1ccc(O)cc1)C(=O)N[C@@H](Cc1c[nH]cn1)C(=O)N[C@@H](Cc1ccccc1)C(N)=O. The molecule has 13 N–H and O–H groups in total. The molecule has 15 heteroatoms. The zero-order chi connectivity index (χ0) is 32.8. The van der Waals surface area contributed by atoms with Crippen molar-refractivity contribution in [3.63, 3.8) is 0 Å². The van der Waals surface area contributed by atoms with Crippen LogP contribution in [0.5, 0.6) is 5.75 Å². The molecule has 4 amide bonds. The number of aromatic hydroxyl groups is 1. The zero-order valence-electron chi connectivity index (χ0n) is 24.7. The summed E-state index contributed by atoms with van der Waals surface area (Å²) in [6.07, 6.45) is 3.72. The molecule has 1 aromatic heterocycles. The summed E-state index contributed by atoms with van der Waals surface area (Å²) in [6.45, 7) is 0.255. The summed E-state index contributed by atoms with van der Waals surface area (Å²) in [4.78, 5) is 59.3. The van der Waals surface area contributed by atoms with Gasteiger partial charge in [-0.05, 0) is 42.5 Å². The second-order valence-electron chi connectivity index (χ2n) is 10.5. The Morgan fingerprint density at radius 3 is 2.07 bits per heavy atom. The number of amides is 4. The fourth-order valence-electron chi connectivity index (χ4n) is 4.49. The van der Waals surface area contributed by atoms with E-state index in [1.54, 1.807) is 42.6 Å². The number of benzene rings is 2. The first kappa shape index (κ1) is 34.1. The van der Waals surface area contributed by atoms with E-state index in [0.717, 1.165) is 5.56 Å². The molecule has 0 unspecified atom stereocenters. The first-order chi connectivity index (χ1) is 21.5. The molecule has 0 bridgehead atoms. The molecule has 0 radical (unpaired) electrons. The van der Waals surface area contributed by atoms with E-state index >= 15 is 0 Å². The molecule has 0 aliphatic carbocycles. The number of carbonyl (C=O) groups excluding carboxylic acids is 4. The first-order valence-corrected chi connectivity index (χ1v) is 14.3. The molecule has 3 rings (SSSR count). The van der Waals surface area contributed by atoms with Gasteiger partial charge in [-0.15, -0.1) is 0 Å². The van der Waals surface area contributed by atoms with Gasteiger partial charge in [0.05, 0.1) is 18.1 Å². The lowest BCUT2D eigenvalue weighted by Gasteiger charge is -2.25. The molecule has 0 saturated heterocycles. The quantitative estimate of drug-likeness (QED) is 0.0486. The highest BCUT2D eigenvalue weighted by Crippen LogP contribution is 2.11. The van der Waals surface area contributed by atoms with Gasteiger partial charge in [0, 0.05) is 25.6 Å². The Bertz CT molecular complexity index is 1420. The maximum Gasteiger partial charge on any atom is 0.243 e. The van der Waals surface area contributed by atoms with Crippen molar-refractivity contribution in [2.75, 3.05) is 6.54 Å². The smallest absolute Gasteiger partial charge is 0.243 e. The van der Waals surface area contributed by atoms with Crippen LogP contribution in [0.4, 0.5) is 0 Å². The average molecular weight is 621 g/mol. The molecular weight excluding hydrogens is 580 g/mol. The number of aromatic nitrogens is 2. The monoisotopic (exact) mass is 620 g/mol. The number of imidazole rings is 1. The second kappa shape index (κ2) is 17.0. The van der Waals surface area contributed by atoms with Gasteiger partial charge in [-0.1, -0.05) is 42.5 Å². The highest BCUT2D eigenvalue weighted by molar-refractivity contribution is 5.94. The van der Waals surface area contributed by atoms with Crippen molar-refractivity contribution in [2.24, 2.45) is 17.2 Å². The Hall–Kier alpha value is -5.44. The van der Waals surface area contributed by atoms with Crippen molar-refractivity contribution in [3.8, 4) is 5.75 Å². The molecule has 1 heterocycles. The number of carbonyl (C=O) groups is 4. The van der Waals surface area contributed by atoms with Gasteiger partial charge in [0.25, 0.3) is 0 Å². The minimum atomic E-state index is -1.18.